The third-order valence-electron chi connectivity index (χ3n) is 3.67. The maximum atomic E-state index is 13.7. The summed E-state index contributed by atoms with van der Waals surface area (Å²) in [4.78, 5) is 5.01. The standard InChI is InChI=1S/C18H17FN2O2S2/c1-2-17-8-9-18(24-17)25(22,23)21(13-14-5-4-10-20-12-14)16-7-3-6-15(19)11-16/h3-12H,2,13H2,1H3. The summed E-state index contributed by atoms with van der Waals surface area (Å²) in [5.74, 6) is -0.482. The molecule has 0 radical (unpaired) electrons. The summed E-state index contributed by atoms with van der Waals surface area (Å²) < 4.78 is 41.5. The van der Waals surface area contributed by atoms with Crippen molar-refractivity contribution in [1.29, 1.82) is 0 Å². The van der Waals surface area contributed by atoms with Gasteiger partial charge in [-0.2, -0.15) is 0 Å². The molecule has 0 saturated heterocycles. The van der Waals surface area contributed by atoms with E-state index in [1.165, 1.54) is 33.8 Å². The van der Waals surface area contributed by atoms with Crippen LogP contribution < -0.4 is 4.31 Å². The summed E-state index contributed by atoms with van der Waals surface area (Å²) in [7, 11) is -3.80. The predicted molar refractivity (Wildman–Crippen MR) is 97.7 cm³/mol. The van der Waals surface area contributed by atoms with Gasteiger partial charge >= 0.3 is 0 Å². The molecule has 4 nitrogen and oxygen atoms in total. The molecule has 2 heterocycles. The Balaban J connectivity index is 2.06. The summed E-state index contributed by atoms with van der Waals surface area (Å²) in [5, 5.41) is 0. The van der Waals surface area contributed by atoms with Gasteiger partial charge in [0.2, 0.25) is 0 Å². The topological polar surface area (TPSA) is 50.3 Å². The fourth-order valence-electron chi connectivity index (χ4n) is 2.40. The maximum absolute atomic E-state index is 13.7. The molecule has 0 N–H and O–H groups in total. The second-order valence-electron chi connectivity index (χ2n) is 5.43. The van der Waals surface area contributed by atoms with Crippen molar-refractivity contribution in [2.45, 2.75) is 24.1 Å². The maximum Gasteiger partial charge on any atom is 0.274 e. The van der Waals surface area contributed by atoms with Gasteiger partial charge in [-0.1, -0.05) is 19.1 Å². The van der Waals surface area contributed by atoms with Gasteiger partial charge in [0.15, 0.2) is 0 Å². The highest BCUT2D eigenvalue weighted by Gasteiger charge is 2.27. The van der Waals surface area contributed by atoms with E-state index in [1.54, 1.807) is 36.7 Å². The first kappa shape index (κ1) is 17.6. The minimum Gasteiger partial charge on any atom is -0.264 e. The molecule has 0 saturated carbocycles. The first-order valence-corrected chi connectivity index (χ1v) is 10.0. The van der Waals surface area contributed by atoms with E-state index in [0.717, 1.165) is 16.9 Å². The quantitative estimate of drug-likeness (QED) is 0.646. The number of aromatic nitrogens is 1. The summed E-state index contributed by atoms with van der Waals surface area (Å²) >= 11 is 1.24. The number of sulfonamides is 1. The lowest BCUT2D eigenvalue weighted by molar-refractivity contribution is 0.592. The molecule has 25 heavy (non-hydrogen) atoms. The largest absolute Gasteiger partial charge is 0.274 e. The Bertz CT molecular complexity index is 956. The van der Waals surface area contributed by atoms with E-state index >= 15 is 0 Å². The number of aryl methyl sites for hydroxylation is 1. The lowest BCUT2D eigenvalue weighted by Crippen LogP contribution is -2.30. The Kier molecular flexibility index (Phi) is 5.15. The molecule has 3 rings (SSSR count). The zero-order valence-electron chi connectivity index (χ0n) is 13.6. The van der Waals surface area contributed by atoms with Crippen LogP contribution >= 0.6 is 11.3 Å². The second kappa shape index (κ2) is 7.33. The number of anilines is 1. The van der Waals surface area contributed by atoms with E-state index < -0.39 is 15.8 Å². The number of pyridine rings is 1. The van der Waals surface area contributed by atoms with E-state index in [9.17, 15) is 12.8 Å². The van der Waals surface area contributed by atoms with E-state index in [0.29, 0.717) is 0 Å². The lowest BCUT2D eigenvalue weighted by Gasteiger charge is -2.23. The van der Waals surface area contributed by atoms with Crippen LogP contribution in [0.25, 0.3) is 0 Å². The Morgan fingerprint density at radius 2 is 2.00 bits per heavy atom. The second-order valence-corrected chi connectivity index (χ2v) is 8.68. The van der Waals surface area contributed by atoms with E-state index in [1.807, 2.05) is 13.0 Å². The molecule has 0 fully saturated rings. The van der Waals surface area contributed by atoms with Crippen molar-refractivity contribution in [1.82, 2.24) is 4.98 Å². The Labute approximate surface area is 150 Å². The molecule has 0 atom stereocenters. The third-order valence-corrected chi connectivity index (χ3v) is 7.15. The smallest absolute Gasteiger partial charge is 0.264 e. The minimum atomic E-state index is -3.80. The first-order chi connectivity index (χ1) is 12.0. The monoisotopic (exact) mass is 376 g/mol. The van der Waals surface area contributed by atoms with Crippen LogP contribution in [0, 0.1) is 5.82 Å². The van der Waals surface area contributed by atoms with Gasteiger partial charge in [-0.25, -0.2) is 12.8 Å². The van der Waals surface area contributed by atoms with Crippen LogP contribution in [0.5, 0.6) is 0 Å². The highest BCUT2D eigenvalue weighted by Crippen LogP contribution is 2.30. The molecular weight excluding hydrogens is 359 g/mol. The Morgan fingerprint density at radius 3 is 2.64 bits per heavy atom. The third kappa shape index (κ3) is 3.88. The number of hydrogen-bond donors (Lipinski definition) is 0. The van der Waals surface area contributed by atoms with Crippen molar-refractivity contribution in [3.05, 3.63) is 77.2 Å². The molecule has 0 bridgehead atoms. The molecule has 0 unspecified atom stereocenters. The average Bonchev–Trinajstić information content (AvgIpc) is 3.10. The molecule has 2 aromatic heterocycles. The number of rotatable bonds is 6. The number of thiophene rings is 1. The van der Waals surface area contributed by atoms with Gasteiger partial charge in [-0.3, -0.25) is 9.29 Å². The molecule has 0 aliphatic heterocycles. The first-order valence-electron chi connectivity index (χ1n) is 7.76. The SMILES string of the molecule is CCc1ccc(S(=O)(=O)N(Cc2cccnc2)c2cccc(F)c2)s1. The molecule has 7 heteroatoms. The van der Waals surface area contributed by atoms with E-state index in [4.69, 9.17) is 0 Å². The van der Waals surface area contributed by atoms with E-state index in [2.05, 4.69) is 4.98 Å². The summed E-state index contributed by atoms with van der Waals surface area (Å²) in [6, 6.07) is 12.6. The number of halogens is 1. The van der Waals surface area contributed by atoms with Crippen LogP contribution in [-0.2, 0) is 23.0 Å². The molecule has 0 amide bonds. The van der Waals surface area contributed by atoms with Gasteiger partial charge in [-0.15, -0.1) is 11.3 Å². The van der Waals surface area contributed by atoms with Gasteiger partial charge in [0.1, 0.15) is 10.0 Å². The number of benzene rings is 1. The van der Waals surface area contributed by atoms with Crippen LogP contribution in [-0.4, -0.2) is 13.4 Å². The molecular formula is C18H17FN2O2S2. The molecule has 0 aliphatic carbocycles. The van der Waals surface area contributed by atoms with E-state index in [-0.39, 0.29) is 16.4 Å². The molecule has 130 valence electrons. The van der Waals surface area contributed by atoms with Crippen molar-refractivity contribution in [2.75, 3.05) is 4.31 Å². The van der Waals surface area contributed by atoms with Crippen LogP contribution in [0.1, 0.15) is 17.4 Å². The molecule has 0 aliphatic rings. The highest BCUT2D eigenvalue weighted by atomic mass is 32.2. The van der Waals surface area contributed by atoms with Gasteiger partial charge < -0.3 is 0 Å². The van der Waals surface area contributed by atoms with Crippen LogP contribution in [0.3, 0.4) is 0 Å². The normalized spacial score (nSPS) is 11.4. The molecule has 0 spiro atoms. The van der Waals surface area contributed by atoms with Gasteiger partial charge in [0.05, 0.1) is 12.2 Å². The van der Waals surface area contributed by atoms with Gasteiger partial charge in [-0.05, 0) is 48.4 Å². The zero-order valence-corrected chi connectivity index (χ0v) is 15.2. The van der Waals surface area contributed by atoms with Crippen LogP contribution in [0.2, 0.25) is 0 Å². The van der Waals surface area contributed by atoms with Crippen molar-refractivity contribution in [3.63, 3.8) is 0 Å². The summed E-state index contributed by atoms with van der Waals surface area (Å²) in [5.41, 5.74) is 1.01. The van der Waals surface area contributed by atoms with Crippen molar-refractivity contribution < 1.29 is 12.8 Å². The van der Waals surface area contributed by atoms with Crippen molar-refractivity contribution in [3.8, 4) is 0 Å². The Hall–Kier alpha value is -2.25. The van der Waals surface area contributed by atoms with Crippen LogP contribution in [0.15, 0.2) is 65.1 Å². The van der Waals surface area contributed by atoms with Crippen LogP contribution in [0.4, 0.5) is 10.1 Å². The molecule has 1 aromatic carbocycles. The summed E-state index contributed by atoms with van der Waals surface area (Å²) in [6.07, 6.45) is 3.99. The predicted octanol–water partition coefficient (Wildman–Crippen LogP) is 4.24. The summed E-state index contributed by atoms with van der Waals surface area (Å²) in [6.45, 7) is 2.06. The zero-order chi connectivity index (χ0) is 17.9. The lowest BCUT2D eigenvalue weighted by atomic mass is 10.2. The number of nitrogens with zero attached hydrogens (tertiary/aromatic N) is 2. The highest BCUT2D eigenvalue weighted by molar-refractivity contribution is 7.94. The fourth-order valence-corrected chi connectivity index (χ4v) is 5.25. The minimum absolute atomic E-state index is 0.0823. The Morgan fingerprint density at radius 1 is 1.16 bits per heavy atom. The molecule has 3 aromatic rings. The average molecular weight is 376 g/mol. The van der Waals surface area contributed by atoms with Crippen molar-refractivity contribution >= 4 is 27.0 Å². The van der Waals surface area contributed by atoms with Gasteiger partial charge in [0.25, 0.3) is 10.0 Å². The van der Waals surface area contributed by atoms with Crippen molar-refractivity contribution in [2.24, 2.45) is 0 Å². The fraction of sp³-hybridized carbons (Fsp3) is 0.167. The number of hydrogen-bond acceptors (Lipinski definition) is 4. The van der Waals surface area contributed by atoms with Gasteiger partial charge in [0, 0.05) is 17.3 Å².